The minimum Gasteiger partial charge on any atom is -0.381 e. The second-order valence-corrected chi connectivity index (χ2v) is 7.88. The summed E-state index contributed by atoms with van der Waals surface area (Å²) in [4.78, 5) is 19.0. The van der Waals surface area contributed by atoms with Crippen LogP contribution in [0, 0.1) is 5.92 Å². The number of carbonyl (C=O) groups is 1. The predicted octanol–water partition coefficient (Wildman–Crippen LogP) is 3.09. The molecule has 4 rings (SSSR count). The van der Waals surface area contributed by atoms with Crippen molar-refractivity contribution in [3.8, 4) is 0 Å². The van der Waals surface area contributed by atoms with Crippen LogP contribution in [0.25, 0.3) is 0 Å². The lowest BCUT2D eigenvalue weighted by molar-refractivity contribution is 0.0211. The molecule has 27 heavy (non-hydrogen) atoms. The summed E-state index contributed by atoms with van der Waals surface area (Å²) < 4.78 is 16.6. The molecule has 8 heteroatoms. The van der Waals surface area contributed by atoms with Crippen LogP contribution < -0.4 is 0 Å². The van der Waals surface area contributed by atoms with Crippen LogP contribution in [0.4, 0.5) is 0 Å². The molecule has 0 radical (unpaired) electrons. The number of rotatable bonds is 7. The SMILES string of the molecule is O=C(c1ccsc1)N1CCCC1c1nc(CCOCC2CCOCC2)no1. The van der Waals surface area contributed by atoms with Gasteiger partial charge < -0.3 is 18.9 Å². The second-order valence-electron chi connectivity index (χ2n) is 7.10. The largest absolute Gasteiger partial charge is 0.381 e. The Morgan fingerprint density at radius 2 is 2.22 bits per heavy atom. The lowest BCUT2D eigenvalue weighted by atomic mass is 10.0. The zero-order valence-corrected chi connectivity index (χ0v) is 16.2. The van der Waals surface area contributed by atoms with Gasteiger partial charge >= 0.3 is 0 Å². The van der Waals surface area contributed by atoms with Crippen molar-refractivity contribution in [3.05, 3.63) is 34.1 Å². The lowest BCUT2D eigenvalue weighted by Gasteiger charge is -2.21. The molecule has 1 unspecified atom stereocenters. The average Bonchev–Trinajstić information content (AvgIpc) is 3.47. The van der Waals surface area contributed by atoms with E-state index in [1.165, 1.54) is 11.3 Å². The van der Waals surface area contributed by atoms with Crippen LogP contribution in [0.2, 0.25) is 0 Å². The van der Waals surface area contributed by atoms with Crippen LogP contribution in [0.1, 0.15) is 53.8 Å². The van der Waals surface area contributed by atoms with Crippen LogP contribution in [-0.2, 0) is 15.9 Å². The molecule has 2 aliphatic rings. The number of hydrogen-bond acceptors (Lipinski definition) is 7. The van der Waals surface area contributed by atoms with Gasteiger partial charge in [0.1, 0.15) is 6.04 Å². The molecule has 1 atom stereocenters. The van der Waals surface area contributed by atoms with Crippen LogP contribution in [0.15, 0.2) is 21.3 Å². The smallest absolute Gasteiger partial charge is 0.255 e. The number of amides is 1. The predicted molar refractivity (Wildman–Crippen MR) is 99.7 cm³/mol. The Labute approximate surface area is 162 Å². The van der Waals surface area contributed by atoms with Gasteiger partial charge in [0.05, 0.1) is 12.2 Å². The first-order valence-corrected chi connectivity index (χ1v) is 10.6. The van der Waals surface area contributed by atoms with E-state index in [1.54, 1.807) is 0 Å². The van der Waals surface area contributed by atoms with Crippen molar-refractivity contribution in [1.29, 1.82) is 0 Å². The minimum absolute atomic E-state index is 0.0401. The third-order valence-electron chi connectivity index (χ3n) is 5.22. The Morgan fingerprint density at radius 3 is 3.04 bits per heavy atom. The fraction of sp³-hybridized carbons (Fsp3) is 0.632. The molecule has 2 fully saturated rings. The third-order valence-corrected chi connectivity index (χ3v) is 5.90. The summed E-state index contributed by atoms with van der Waals surface area (Å²) in [7, 11) is 0. The number of nitrogens with zero attached hydrogens (tertiary/aromatic N) is 3. The molecule has 2 aromatic rings. The summed E-state index contributed by atoms with van der Waals surface area (Å²) in [5, 5.41) is 7.88. The molecule has 0 spiro atoms. The van der Waals surface area contributed by atoms with Gasteiger partial charge in [0.2, 0.25) is 5.89 Å². The first-order chi connectivity index (χ1) is 13.3. The third kappa shape index (κ3) is 4.56. The molecule has 4 heterocycles. The number of likely N-dealkylation sites (tertiary alicyclic amines) is 1. The molecule has 1 amide bonds. The van der Waals surface area contributed by atoms with Crippen molar-refractivity contribution in [2.75, 3.05) is 33.0 Å². The molecule has 2 aliphatic heterocycles. The van der Waals surface area contributed by atoms with E-state index in [-0.39, 0.29) is 11.9 Å². The molecular formula is C19H25N3O4S. The molecule has 0 aliphatic carbocycles. The molecule has 0 aromatic carbocycles. The standard InChI is InChI=1S/C19H25N3O4S/c23-19(15-6-11-27-13-15)22-7-1-2-16(22)18-20-17(21-26-18)5-10-25-12-14-3-8-24-9-4-14/h6,11,13-14,16H,1-5,7-10,12H2. The highest BCUT2D eigenvalue weighted by Crippen LogP contribution is 2.32. The van der Waals surface area contributed by atoms with Crippen molar-refractivity contribution >= 4 is 17.2 Å². The quantitative estimate of drug-likeness (QED) is 0.675. The fourth-order valence-electron chi connectivity index (χ4n) is 3.65. The number of thiophene rings is 1. The molecule has 2 saturated heterocycles. The van der Waals surface area contributed by atoms with Crippen LogP contribution in [0.3, 0.4) is 0 Å². The van der Waals surface area contributed by atoms with E-state index in [1.807, 2.05) is 21.7 Å². The van der Waals surface area contributed by atoms with Gasteiger partial charge in [-0.15, -0.1) is 0 Å². The number of aromatic nitrogens is 2. The van der Waals surface area contributed by atoms with Gasteiger partial charge in [0.25, 0.3) is 5.91 Å². The highest BCUT2D eigenvalue weighted by atomic mass is 32.1. The summed E-state index contributed by atoms with van der Waals surface area (Å²) >= 11 is 1.53. The first-order valence-electron chi connectivity index (χ1n) is 9.62. The second kappa shape index (κ2) is 8.95. The fourth-order valence-corrected chi connectivity index (χ4v) is 4.28. The molecule has 146 valence electrons. The number of carbonyl (C=O) groups excluding carboxylic acids is 1. The summed E-state index contributed by atoms with van der Waals surface area (Å²) in [6.07, 6.45) is 4.58. The minimum atomic E-state index is -0.123. The molecule has 7 nitrogen and oxygen atoms in total. The summed E-state index contributed by atoms with van der Waals surface area (Å²) in [5.41, 5.74) is 0.730. The van der Waals surface area contributed by atoms with E-state index in [2.05, 4.69) is 10.1 Å². The maximum absolute atomic E-state index is 12.7. The van der Waals surface area contributed by atoms with Crippen molar-refractivity contribution in [3.63, 3.8) is 0 Å². The van der Waals surface area contributed by atoms with Crippen LogP contribution in [-0.4, -0.2) is 53.9 Å². The van der Waals surface area contributed by atoms with Gasteiger partial charge in [-0.25, -0.2) is 0 Å². The van der Waals surface area contributed by atoms with Gasteiger partial charge in [0.15, 0.2) is 5.82 Å². The molecule has 2 aromatic heterocycles. The molecular weight excluding hydrogens is 366 g/mol. The van der Waals surface area contributed by atoms with E-state index >= 15 is 0 Å². The highest BCUT2D eigenvalue weighted by Gasteiger charge is 2.34. The zero-order valence-electron chi connectivity index (χ0n) is 15.3. The van der Waals surface area contributed by atoms with Crippen LogP contribution >= 0.6 is 11.3 Å². The maximum atomic E-state index is 12.7. The Balaban J connectivity index is 1.28. The highest BCUT2D eigenvalue weighted by molar-refractivity contribution is 7.08. The van der Waals surface area contributed by atoms with Gasteiger partial charge in [-0.3, -0.25) is 4.79 Å². The summed E-state index contributed by atoms with van der Waals surface area (Å²) in [6, 6.07) is 1.74. The van der Waals surface area contributed by atoms with Crippen molar-refractivity contribution in [1.82, 2.24) is 15.0 Å². The zero-order chi connectivity index (χ0) is 18.5. The van der Waals surface area contributed by atoms with Gasteiger partial charge in [0, 0.05) is 38.2 Å². The Kier molecular flexibility index (Phi) is 6.16. The molecule has 0 saturated carbocycles. The Bertz CT molecular complexity index is 727. The van der Waals surface area contributed by atoms with E-state index in [9.17, 15) is 4.79 Å². The van der Waals surface area contributed by atoms with Gasteiger partial charge in [-0.1, -0.05) is 5.16 Å². The Hall–Kier alpha value is -1.77. The monoisotopic (exact) mass is 391 g/mol. The van der Waals surface area contributed by atoms with Crippen molar-refractivity contribution in [2.45, 2.75) is 38.1 Å². The van der Waals surface area contributed by atoms with Crippen LogP contribution in [0.5, 0.6) is 0 Å². The van der Waals surface area contributed by atoms with Gasteiger partial charge in [-0.05, 0) is 43.0 Å². The first kappa shape index (κ1) is 18.6. The Morgan fingerprint density at radius 1 is 1.33 bits per heavy atom. The lowest BCUT2D eigenvalue weighted by Crippen LogP contribution is -2.30. The average molecular weight is 391 g/mol. The maximum Gasteiger partial charge on any atom is 0.255 e. The van der Waals surface area contributed by atoms with Gasteiger partial charge in [-0.2, -0.15) is 16.3 Å². The normalized spacial score (nSPS) is 21.0. The molecule has 0 bridgehead atoms. The van der Waals surface area contributed by atoms with E-state index in [0.717, 1.165) is 57.6 Å². The number of ether oxygens (including phenoxy) is 2. The van der Waals surface area contributed by atoms with E-state index in [4.69, 9.17) is 14.0 Å². The topological polar surface area (TPSA) is 77.7 Å². The molecule has 0 N–H and O–H groups in total. The van der Waals surface area contributed by atoms with Crippen molar-refractivity contribution in [2.24, 2.45) is 5.92 Å². The summed E-state index contributed by atoms with van der Waals surface area (Å²) in [6.45, 7) is 3.75. The van der Waals surface area contributed by atoms with E-state index in [0.29, 0.717) is 30.7 Å². The van der Waals surface area contributed by atoms with E-state index < -0.39 is 0 Å². The number of hydrogen-bond donors (Lipinski definition) is 0. The van der Waals surface area contributed by atoms with Crippen molar-refractivity contribution < 1.29 is 18.8 Å². The summed E-state index contributed by atoms with van der Waals surface area (Å²) in [5.74, 6) is 1.82.